The zero-order valence-electron chi connectivity index (χ0n) is 16.0. The van der Waals surface area contributed by atoms with Crippen molar-refractivity contribution in [1.82, 2.24) is 4.98 Å². The number of rotatable bonds is 4. The number of hydrogen-bond donors (Lipinski definition) is 0. The Hall–Kier alpha value is -3.77. The lowest BCUT2D eigenvalue weighted by Crippen LogP contribution is -2.29. The van der Waals surface area contributed by atoms with Gasteiger partial charge in [0, 0.05) is 16.5 Å². The fourth-order valence-electron chi connectivity index (χ4n) is 3.52. The summed E-state index contributed by atoms with van der Waals surface area (Å²) >= 11 is 1.51. The van der Waals surface area contributed by atoms with Crippen molar-refractivity contribution in [1.29, 1.82) is 0 Å². The van der Waals surface area contributed by atoms with E-state index in [-0.39, 0.29) is 11.8 Å². The average molecular weight is 412 g/mol. The van der Waals surface area contributed by atoms with Gasteiger partial charge in [0.25, 0.3) is 11.8 Å². The van der Waals surface area contributed by atoms with E-state index in [0.717, 1.165) is 27.6 Å². The largest absolute Gasteiger partial charge is 0.497 e. The van der Waals surface area contributed by atoms with Crippen molar-refractivity contribution < 1.29 is 14.3 Å². The van der Waals surface area contributed by atoms with Gasteiger partial charge in [0.2, 0.25) is 0 Å². The molecule has 0 saturated heterocycles. The van der Waals surface area contributed by atoms with Crippen LogP contribution in [-0.2, 0) is 0 Å². The van der Waals surface area contributed by atoms with E-state index in [9.17, 15) is 9.59 Å². The molecule has 0 aliphatic carbocycles. The lowest BCUT2D eigenvalue weighted by molar-refractivity contribution is 0.0926. The molecule has 2 amide bonds. The number of methoxy groups -OCH3 is 1. The number of amides is 2. The Bertz CT molecular complexity index is 1260. The molecule has 30 heavy (non-hydrogen) atoms. The molecule has 0 spiro atoms. The average Bonchev–Trinajstić information content (AvgIpc) is 3.38. The summed E-state index contributed by atoms with van der Waals surface area (Å²) in [7, 11) is 1.64. The van der Waals surface area contributed by atoms with Gasteiger partial charge in [-0.3, -0.25) is 9.59 Å². The summed E-state index contributed by atoms with van der Waals surface area (Å²) in [4.78, 5) is 31.5. The molecule has 0 unspecified atom stereocenters. The van der Waals surface area contributed by atoms with Crippen LogP contribution < -0.4 is 9.64 Å². The second-order valence-corrected chi connectivity index (χ2v) is 7.67. The molecule has 5 nitrogen and oxygen atoms in total. The molecule has 0 saturated carbocycles. The van der Waals surface area contributed by atoms with Crippen LogP contribution in [0.2, 0.25) is 0 Å². The molecule has 2 heterocycles. The third-order valence-electron chi connectivity index (χ3n) is 5.02. The van der Waals surface area contributed by atoms with Gasteiger partial charge in [-0.15, -0.1) is 11.3 Å². The third-order valence-corrected chi connectivity index (χ3v) is 5.91. The van der Waals surface area contributed by atoms with Crippen LogP contribution in [-0.4, -0.2) is 23.9 Å². The van der Waals surface area contributed by atoms with Gasteiger partial charge >= 0.3 is 0 Å². The van der Waals surface area contributed by atoms with E-state index in [4.69, 9.17) is 9.72 Å². The lowest BCUT2D eigenvalue weighted by Gasteiger charge is -2.14. The fraction of sp³-hybridized carbons (Fsp3) is 0.0417. The Balaban J connectivity index is 1.49. The summed E-state index contributed by atoms with van der Waals surface area (Å²) in [5.74, 6) is 0.169. The van der Waals surface area contributed by atoms with Crippen LogP contribution >= 0.6 is 11.3 Å². The van der Waals surface area contributed by atoms with Gasteiger partial charge in [0.15, 0.2) is 0 Å². The Morgan fingerprint density at radius 3 is 2.27 bits per heavy atom. The molecule has 0 radical (unpaired) electrons. The molecule has 1 aromatic heterocycles. The maximum atomic E-state index is 12.8. The van der Waals surface area contributed by atoms with E-state index in [1.54, 1.807) is 37.4 Å². The number of anilines is 1. The summed E-state index contributed by atoms with van der Waals surface area (Å²) in [6.45, 7) is 0. The Morgan fingerprint density at radius 2 is 1.53 bits per heavy atom. The first-order valence-electron chi connectivity index (χ1n) is 9.34. The smallest absolute Gasteiger partial charge is 0.266 e. The van der Waals surface area contributed by atoms with E-state index >= 15 is 0 Å². The van der Waals surface area contributed by atoms with Crippen LogP contribution in [0, 0.1) is 0 Å². The highest BCUT2D eigenvalue weighted by molar-refractivity contribution is 7.13. The van der Waals surface area contributed by atoms with Gasteiger partial charge in [0.05, 0.1) is 29.6 Å². The Morgan fingerprint density at radius 1 is 0.833 bits per heavy atom. The number of carbonyl (C=O) groups excluding carboxylic acids is 2. The number of carbonyl (C=O) groups is 2. The zero-order valence-corrected chi connectivity index (χ0v) is 16.8. The van der Waals surface area contributed by atoms with Gasteiger partial charge in [-0.25, -0.2) is 9.88 Å². The molecule has 5 rings (SSSR count). The summed E-state index contributed by atoms with van der Waals surface area (Å²) in [6, 6.07) is 22.0. The fourth-order valence-corrected chi connectivity index (χ4v) is 4.35. The summed E-state index contributed by atoms with van der Waals surface area (Å²) in [5, 5.41) is 2.80. The van der Waals surface area contributed by atoms with Gasteiger partial charge in [0.1, 0.15) is 10.8 Å². The Kier molecular flexibility index (Phi) is 4.41. The minimum atomic E-state index is -0.302. The summed E-state index contributed by atoms with van der Waals surface area (Å²) < 4.78 is 5.29. The van der Waals surface area contributed by atoms with Crippen LogP contribution in [0.5, 0.6) is 5.75 Å². The second-order valence-electron chi connectivity index (χ2n) is 6.81. The van der Waals surface area contributed by atoms with Gasteiger partial charge in [-0.2, -0.15) is 0 Å². The van der Waals surface area contributed by atoms with Gasteiger partial charge in [-0.05, 0) is 36.4 Å². The van der Waals surface area contributed by atoms with E-state index in [1.165, 1.54) is 16.2 Å². The highest BCUT2D eigenvalue weighted by Gasteiger charge is 2.36. The normalized spacial score (nSPS) is 12.9. The maximum Gasteiger partial charge on any atom is 0.266 e. The monoisotopic (exact) mass is 412 g/mol. The molecule has 146 valence electrons. The van der Waals surface area contributed by atoms with Crippen LogP contribution in [0.3, 0.4) is 0 Å². The van der Waals surface area contributed by atoms with E-state index in [1.807, 2.05) is 47.8 Å². The first kappa shape index (κ1) is 18.3. The summed E-state index contributed by atoms with van der Waals surface area (Å²) in [5.41, 5.74) is 4.07. The number of aromatic nitrogens is 1. The van der Waals surface area contributed by atoms with E-state index in [0.29, 0.717) is 16.8 Å². The first-order valence-corrected chi connectivity index (χ1v) is 10.2. The minimum Gasteiger partial charge on any atom is -0.497 e. The van der Waals surface area contributed by atoms with Crippen molar-refractivity contribution in [2.24, 2.45) is 0 Å². The maximum absolute atomic E-state index is 12.8. The van der Waals surface area contributed by atoms with Crippen LogP contribution in [0.4, 0.5) is 5.69 Å². The molecule has 6 heteroatoms. The molecular formula is C24H16N2O3S. The van der Waals surface area contributed by atoms with E-state index in [2.05, 4.69) is 0 Å². The first-order chi connectivity index (χ1) is 14.7. The van der Waals surface area contributed by atoms with Gasteiger partial charge in [-0.1, -0.05) is 36.4 Å². The lowest BCUT2D eigenvalue weighted by atomic mass is 10.1. The third kappa shape index (κ3) is 2.98. The van der Waals surface area contributed by atoms with Crippen LogP contribution in [0.1, 0.15) is 20.7 Å². The quantitative estimate of drug-likeness (QED) is 0.428. The van der Waals surface area contributed by atoms with Crippen molar-refractivity contribution in [3.05, 3.63) is 89.3 Å². The summed E-state index contributed by atoms with van der Waals surface area (Å²) in [6.07, 6.45) is 0. The molecule has 0 atom stereocenters. The molecule has 0 fully saturated rings. The highest BCUT2D eigenvalue weighted by Crippen LogP contribution is 2.34. The van der Waals surface area contributed by atoms with Crippen molar-refractivity contribution in [2.75, 3.05) is 12.0 Å². The number of thiazole rings is 1. The molecule has 1 aliphatic heterocycles. The molecule has 4 aromatic rings. The van der Waals surface area contributed by atoms with Crippen LogP contribution in [0.15, 0.2) is 78.2 Å². The molecule has 1 aliphatic rings. The minimum absolute atomic E-state index is 0.302. The van der Waals surface area contributed by atoms with Crippen molar-refractivity contribution in [3.8, 4) is 27.6 Å². The second kappa shape index (κ2) is 7.24. The molecular weight excluding hydrogens is 396 g/mol. The predicted molar refractivity (Wildman–Crippen MR) is 117 cm³/mol. The number of benzene rings is 3. The van der Waals surface area contributed by atoms with E-state index < -0.39 is 0 Å². The number of ether oxygens (including phenoxy) is 1. The topological polar surface area (TPSA) is 59.5 Å². The van der Waals surface area contributed by atoms with Gasteiger partial charge < -0.3 is 4.74 Å². The SMILES string of the molecule is COc1cccc(-c2csc(-c3cccc(N4C(=O)c5ccccc5C4=O)c3)n2)c1. The number of nitrogens with zero attached hydrogens (tertiary/aromatic N) is 2. The van der Waals surface area contributed by atoms with Crippen LogP contribution in [0.25, 0.3) is 21.8 Å². The van der Waals surface area contributed by atoms with Crippen molar-refractivity contribution in [3.63, 3.8) is 0 Å². The number of fused-ring (bicyclic) bond motifs is 1. The standard InChI is InChI=1S/C24H16N2O3S/c1-29-18-9-5-6-15(13-18)21-14-30-22(25-21)16-7-4-8-17(12-16)26-23(27)19-10-2-3-11-20(19)24(26)28/h2-14H,1H3. The van der Waals surface area contributed by atoms with Crippen molar-refractivity contribution >= 4 is 28.8 Å². The Labute approximate surface area is 177 Å². The number of hydrogen-bond acceptors (Lipinski definition) is 5. The predicted octanol–water partition coefficient (Wildman–Crippen LogP) is 5.29. The zero-order chi connectivity index (χ0) is 20.7. The molecule has 0 bridgehead atoms. The number of imide groups is 1. The molecule has 0 N–H and O–H groups in total. The molecule has 3 aromatic carbocycles. The highest BCUT2D eigenvalue weighted by atomic mass is 32.1. The van der Waals surface area contributed by atoms with Crippen molar-refractivity contribution in [2.45, 2.75) is 0 Å².